The van der Waals surface area contributed by atoms with Gasteiger partial charge in [0.2, 0.25) is 0 Å². The molecule has 2 aliphatic rings. The Morgan fingerprint density at radius 3 is 1.46 bits per heavy atom. The van der Waals surface area contributed by atoms with Crippen molar-refractivity contribution in [2.45, 2.75) is 24.9 Å². The number of rotatable bonds is 2. The Morgan fingerprint density at radius 2 is 1.04 bits per heavy atom. The van der Waals surface area contributed by atoms with Crippen LogP contribution in [-0.4, -0.2) is 9.52 Å². The Kier molecular flexibility index (Phi) is 7.38. The minimum atomic E-state index is 0. The van der Waals surface area contributed by atoms with Gasteiger partial charge in [-0.1, -0.05) is 71.8 Å². The van der Waals surface area contributed by atoms with Crippen LogP contribution in [0.2, 0.25) is 0 Å². The Hall–Kier alpha value is -0.980. The maximum absolute atomic E-state index is 2.37. The fraction of sp³-hybridized carbons (Fsp3) is 0.182. The van der Waals surface area contributed by atoms with Crippen molar-refractivity contribution in [3.05, 3.63) is 96.8 Å². The summed E-state index contributed by atoms with van der Waals surface area (Å²) in [6, 6.07) is 17.7. The predicted octanol–water partition coefficient (Wildman–Crippen LogP) is 5.91. The van der Waals surface area contributed by atoms with Crippen molar-refractivity contribution < 1.29 is 26.2 Å². The second-order valence-corrected chi connectivity index (χ2v) is 7.56. The molecule has 24 heavy (non-hydrogen) atoms. The van der Waals surface area contributed by atoms with Gasteiger partial charge in [0.25, 0.3) is 0 Å². The summed E-state index contributed by atoms with van der Waals surface area (Å²) < 4.78 is 0. The molecular weight excluding hydrogens is 384 g/mol. The minimum Gasteiger partial charge on any atom is -0.358 e. The summed E-state index contributed by atoms with van der Waals surface area (Å²) in [5.74, 6) is 0. The SMILES string of the molecule is CC1=Cc2ccccc2C1[Si]C1C(C)=Cc2ccccc21.[CH3-].[CH3-].[Zr+2]. The van der Waals surface area contributed by atoms with E-state index in [1.54, 1.807) is 0 Å². The number of hydrogen-bond donors (Lipinski definition) is 0. The first-order valence-corrected chi connectivity index (χ1v) is 8.70. The van der Waals surface area contributed by atoms with Gasteiger partial charge in [-0.05, 0) is 47.2 Å². The zero-order valence-electron chi connectivity index (χ0n) is 14.9. The van der Waals surface area contributed by atoms with E-state index in [4.69, 9.17) is 0 Å². The molecule has 0 nitrogen and oxygen atoms in total. The van der Waals surface area contributed by atoms with Crippen LogP contribution in [-0.2, 0) is 26.2 Å². The van der Waals surface area contributed by atoms with Crippen molar-refractivity contribution >= 4 is 21.7 Å². The van der Waals surface area contributed by atoms with Crippen LogP contribution in [0, 0.1) is 14.9 Å². The Morgan fingerprint density at radius 1 is 0.667 bits per heavy atom. The molecule has 0 heterocycles. The van der Waals surface area contributed by atoms with Crippen LogP contribution in [0.15, 0.2) is 59.7 Å². The van der Waals surface area contributed by atoms with E-state index in [0.29, 0.717) is 11.1 Å². The van der Waals surface area contributed by atoms with Crippen LogP contribution < -0.4 is 0 Å². The Labute approximate surface area is 169 Å². The summed E-state index contributed by atoms with van der Waals surface area (Å²) in [5, 5.41) is 0. The second-order valence-electron chi connectivity index (χ2n) is 6.07. The van der Waals surface area contributed by atoms with Gasteiger partial charge in [0.1, 0.15) is 0 Å². The minimum absolute atomic E-state index is 0. The molecule has 120 valence electrons. The van der Waals surface area contributed by atoms with Gasteiger partial charge in [0.05, 0.1) is 9.52 Å². The summed E-state index contributed by atoms with van der Waals surface area (Å²) >= 11 is 0. The van der Waals surface area contributed by atoms with Gasteiger partial charge in [-0.25, -0.2) is 0 Å². The standard InChI is InChI=1S/C20H18Si.2CH3.Zr/c1-13-11-15-7-3-5-9-17(15)19(13)21-20-14(2)12-16-8-4-6-10-18(16)20;;;/h3-12,19-20H,1-2H3;2*1H3;/q;2*-1;+2. The predicted molar refractivity (Wildman–Crippen MR) is 104 cm³/mol. The monoisotopic (exact) mass is 406 g/mol. The van der Waals surface area contributed by atoms with E-state index in [1.807, 2.05) is 0 Å². The van der Waals surface area contributed by atoms with Crippen molar-refractivity contribution in [1.29, 1.82) is 0 Å². The van der Waals surface area contributed by atoms with Crippen LogP contribution in [0.4, 0.5) is 0 Å². The normalized spacial score (nSPS) is 19.8. The molecule has 0 saturated heterocycles. The van der Waals surface area contributed by atoms with Gasteiger partial charge >= 0.3 is 26.2 Å². The molecule has 2 aromatic rings. The summed E-state index contributed by atoms with van der Waals surface area (Å²) in [7, 11) is 0.898. The van der Waals surface area contributed by atoms with E-state index in [-0.39, 0.29) is 41.1 Å². The molecule has 2 aliphatic carbocycles. The largest absolute Gasteiger partial charge is 2.00 e. The zero-order chi connectivity index (χ0) is 14.4. The third kappa shape index (κ3) is 3.51. The molecule has 2 atom stereocenters. The molecule has 2 aromatic carbocycles. The molecule has 2 unspecified atom stereocenters. The summed E-state index contributed by atoms with van der Waals surface area (Å²) in [5.41, 5.74) is 10.1. The number of hydrogen-bond acceptors (Lipinski definition) is 0. The molecule has 0 aromatic heterocycles. The van der Waals surface area contributed by atoms with Crippen LogP contribution in [0.25, 0.3) is 12.2 Å². The van der Waals surface area contributed by atoms with Gasteiger partial charge in [-0.15, -0.1) is 0 Å². The first kappa shape index (κ1) is 21.1. The molecule has 2 heteroatoms. The maximum Gasteiger partial charge on any atom is 2.00 e. The van der Waals surface area contributed by atoms with E-state index in [1.165, 1.54) is 33.4 Å². The Bertz CT molecular complexity index is 708. The van der Waals surface area contributed by atoms with Gasteiger partial charge in [-0.3, -0.25) is 0 Å². The van der Waals surface area contributed by atoms with Crippen molar-refractivity contribution in [2.24, 2.45) is 0 Å². The van der Waals surface area contributed by atoms with Crippen LogP contribution in [0.1, 0.15) is 47.2 Å². The third-order valence-corrected chi connectivity index (χ3v) is 6.82. The number of benzene rings is 2. The number of fused-ring (bicyclic) bond motifs is 2. The molecule has 4 rings (SSSR count). The average Bonchev–Trinajstić information content (AvgIpc) is 2.97. The van der Waals surface area contributed by atoms with Crippen LogP contribution in [0.3, 0.4) is 0 Å². The van der Waals surface area contributed by atoms with Gasteiger partial charge in [-0.2, -0.15) is 0 Å². The molecule has 0 fully saturated rings. The fourth-order valence-electron chi connectivity index (χ4n) is 3.57. The first-order valence-electron chi connectivity index (χ1n) is 7.54. The molecule has 0 N–H and O–H groups in total. The second kappa shape index (κ2) is 8.41. The molecule has 0 saturated carbocycles. The topological polar surface area (TPSA) is 0 Å². The molecule has 0 spiro atoms. The summed E-state index contributed by atoms with van der Waals surface area (Å²) in [4.78, 5) is 0. The molecule has 0 amide bonds. The van der Waals surface area contributed by atoms with E-state index >= 15 is 0 Å². The quantitative estimate of drug-likeness (QED) is 0.429. The van der Waals surface area contributed by atoms with E-state index in [9.17, 15) is 0 Å². The van der Waals surface area contributed by atoms with E-state index < -0.39 is 0 Å². The van der Waals surface area contributed by atoms with Gasteiger partial charge < -0.3 is 14.9 Å². The van der Waals surface area contributed by atoms with Crippen LogP contribution >= 0.6 is 0 Å². The molecule has 0 bridgehead atoms. The average molecular weight is 408 g/mol. The molecule has 0 aliphatic heterocycles. The Balaban J connectivity index is 0.000000960. The first-order chi connectivity index (χ1) is 10.2. The van der Waals surface area contributed by atoms with Crippen LogP contribution in [0.5, 0.6) is 0 Å². The maximum atomic E-state index is 2.37. The van der Waals surface area contributed by atoms with Gasteiger partial charge in [0, 0.05) is 0 Å². The van der Waals surface area contributed by atoms with Crippen molar-refractivity contribution in [3.8, 4) is 0 Å². The summed E-state index contributed by atoms with van der Waals surface area (Å²) in [6.07, 6.45) is 4.74. The summed E-state index contributed by atoms with van der Waals surface area (Å²) in [6.45, 7) is 4.58. The molecular formula is C22H24SiZr. The van der Waals surface area contributed by atoms with E-state index in [2.05, 4.69) is 74.5 Å². The van der Waals surface area contributed by atoms with Crippen molar-refractivity contribution in [1.82, 2.24) is 0 Å². The van der Waals surface area contributed by atoms with Gasteiger partial charge in [0.15, 0.2) is 0 Å². The molecule has 2 radical (unpaired) electrons. The fourth-order valence-corrected chi connectivity index (χ4v) is 5.48. The zero-order valence-corrected chi connectivity index (χ0v) is 18.4. The smallest absolute Gasteiger partial charge is 0.358 e. The van der Waals surface area contributed by atoms with Crippen molar-refractivity contribution in [3.63, 3.8) is 0 Å². The van der Waals surface area contributed by atoms with Crippen molar-refractivity contribution in [2.75, 3.05) is 0 Å². The third-order valence-electron chi connectivity index (χ3n) is 4.62. The van der Waals surface area contributed by atoms with E-state index in [0.717, 1.165) is 9.52 Å². The number of allylic oxidation sites excluding steroid dienone is 2.